The maximum Gasteiger partial charge on any atom is 0.254 e. The molecule has 6 nitrogen and oxygen atoms in total. The van der Waals surface area contributed by atoms with E-state index in [1.165, 1.54) is 0 Å². The smallest absolute Gasteiger partial charge is 0.254 e. The van der Waals surface area contributed by atoms with Crippen LogP contribution in [0.3, 0.4) is 0 Å². The molecule has 0 saturated carbocycles. The summed E-state index contributed by atoms with van der Waals surface area (Å²) in [4.78, 5) is 28.8. The Morgan fingerprint density at radius 1 is 1.06 bits per heavy atom. The van der Waals surface area contributed by atoms with Gasteiger partial charge in [-0.25, -0.2) is 0 Å². The van der Waals surface area contributed by atoms with Crippen LogP contribution in [0.1, 0.15) is 55.5 Å². The maximum atomic E-state index is 13.2. The second-order valence-corrected chi connectivity index (χ2v) is 7.76. The molecule has 2 amide bonds. The molecule has 31 heavy (non-hydrogen) atoms. The third-order valence-electron chi connectivity index (χ3n) is 5.34. The molecule has 0 aliphatic carbocycles. The van der Waals surface area contributed by atoms with E-state index in [1.807, 2.05) is 47.4 Å². The van der Waals surface area contributed by atoms with Crippen LogP contribution in [-0.2, 0) is 11.3 Å². The summed E-state index contributed by atoms with van der Waals surface area (Å²) in [7, 11) is 1.62. The van der Waals surface area contributed by atoms with Gasteiger partial charge in [0.1, 0.15) is 0 Å². The van der Waals surface area contributed by atoms with Gasteiger partial charge in [-0.05, 0) is 61.2 Å². The van der Waals surface area contributed by atoms with Crippen molar-refractivity contribution in [3.63, 3.8) is 0 Å². The van der Waals surface area contributed by atoms with Crippen LogP contribution in [0.5, 0.6) is 11.5 Å². The molecule has 0 unspecified atom stereocenters. The Morgan fingerprint density at radius 3 is 2.45 bits per heavy atom. The molecule has 3 rings (SSSR count). The molecule has 0 atom stereocenters. The molecule has 1 aliphatic heterocycles. The Morgan fingerprint density at radius 2 is 1.84 bits per heavy atom. The number of rotatable bonds is 10. The van der Waals surface area contributed by atoms with Crippen molar-refractivity contribution < 1.29 is 19.1 Å². The van der Waals surface area contributed by atoms with E-state index in [0.29, 0.717) is 43.2 Å². The van der Waals surface area contributed by atoms with Gasteiger partial charge in [0.15, 0.2) is 11.5 Å². The average molecular weight is 425 g/mol. The molecule has 2 aromatic carbocycles. The lowest BCUT2D eigenvalue weighted by Gasteiger charge is -2.23. The topological polar surface area (TPSA) is 59.1 Å². The summed E-state index contributed by atoms with van der Waals surface area (Å²) in [6.07, 6.45) is 3.27. The van der Waals surface area contributed by atoms with Crippen LogP contribution >= 0.6 is 0 Å². The highest BCUT2D eigenvalue weighted by molar-refractivity contribution is 5.97. The molecule has 1 heterocycles. The zero-order chi connectivity index (χ0) is 22.2. The second-order valence-electron chi connectivity index (χ2n) is 7.76. The average Bonchev–Trinajstić information content (AvgIpc) is 3.23. The van der Waals surface area contributed by atoms with Crippen LogP contribution in [0.2, 0.25) is 0 Å². The Balaban J connectivity index is 1.74. The van der Waals surface area contributed by atoms with Crippen LogP contribution in [0.25, 0.3) is 0 Å². The van der Waals surface area contributed by atoms with Crippen LogP contribution in [0.4, 0.5) is 5.69 Å². The number of methoxy groups -OCH3 is 1. The summed E-state index contributed by atoms with van der Waals surface area (Å²) < 4.78 is 11.2. The number of hydrogen-bond donors (Lipinski definition) is 0. The van der Waals surface area contributed by atoms with Gasteiger partial charge >= 0.3 is 0 Å². The molecular weight excluding hydrogens is 392 g/mol. The van der Waals surface area contributed by atoms with Crippen LogP contribution in [0, 0.1) is 0 Å². The Kier molecular flexibility index (Phi) is 7.93. The minimum Gasteiger partial charge on any atom is -0.493 e. The predicted molar refractivity (Wildman–Crippen MR) is 122 cm³/mol. The summed E-state index contributed by atoms with van der Waals surface area (Å²) in [5.74, 6) is 1.52. The Labute approximate surface area is 184 Å². The zero-order valence-corrected chi connectivity index (χ0v) is 18.7. The Bertz CT molecular complexity index is 895. The lowest BCUT2D eigenvalue weighted by atomic mass is 10.1. The van der Waals surface area contributed by atoms with Crippen molar-refractivity contribution in [3.05, 3.63) is 53.6 Å². The van der Waals surface area contributed by atoms with E-state index in [2.05, 4.69) is 13.8 Å². The fraction of sp³-hybridized carbons (Fsp3) is 0.440. The summed E-state index contributed by atoms with van der Waals surface area (Å²) >= 11 is 0. The van der Waals surface area contributed by atoms with Gasteiger partial charge in [-0.1, -0.05) is 19.9 Å². The fourth-order valence-corrected chi connectivity index (χ4v) is 3.77. The zero-order valence-electron chi connectivity index (χ0n) is 18.7. The number of nitrogens with zero attached hydrogens (tertiary/aromatic N) is 2. The van der Waals surface area contributed by atoms with E-state index in [9.17, 15) is 9.59 Å². The van der Waals surface area contributed by atoms with Gasteiger partial charge in [-0.2, -0.15) is 0 Å². The first-order valence-corrected chi connectivity index (χ1v) is 11.1. The normalized spacial score (nSPS) is 13.4. The first kappa shape index (κ1) is 22.7. The summed E-state index contributed by atoms with van der Waals surface area (Å²) in [6, 6.07) is 13.2. The molecule has 0 aromatic heterocycles. The third kappa shape index (κ3) is 5.57. The largest absolute Gasteiger partial charge is 0.493 e. The van der Waals surface area contributed by atoms with Gasteiger partial charge in [-0.15, -0.1) is 0 Å². The first-order valence-electron chi connectivity index (χ1n) is 11.1. The van der Waals surface area contributed by atoms with Crippen molar-refractivity contribution in [1.29, 1.82) is 0 Å². The SMILES string of the molecule is CCCOc1ccc(CN(CCC)C(=O)c2ccc(N3CCCC3=O)cc2)cc1OC. The Hall–Kier alpha value is -3.02. The lowest BCUT2D eigenvalue weighted by Crippen LogP contribution is -2.31. The molecule has 2 aromatic rings. The van der Waals surface area contributed by atoms with E-state index in [4.69, 9.17) is 9.47 Å². The van der Waals surface area contributed by atoms with Gasteiger partial charge in [0, 0.05) is 37.3 Å². The highest BCUT2D eigenvalue weighted by Gasteiger charge is 2.22. The van der Waals surface area contributed by atoms with E-state index in [1.54, 1.807) is 12.0 Å². The lowest BCUT2D eigenvalue weighted by molar-refractivity contribution is -0.117. The van der Waals surface area contributed by atoms with Crippen molar-refractivity contribution in [2.45, 2.75) is 46.1 Å². The van der Waals surface area contributed by atoms with Gasteiger partial charge < -0.3 is 19.3 Å². The second kappa shape index (κ2) is 10.8. The molecule has 166 valence electrons. The molecule has 1 saturated heterocycles. The van der Waals surface area contributed by atoms with Crippen LogP contribution < -0.4 is 14.4 Å². The quantitative estimate of drug-likeness (QED) is 0.556. The third-order valence-corrected chi connectivity index (χ3v) is 5.34. The molecule has 0 bridgehead atoms. The number of amides is 2. The highest BCUT2D eigenvalue weighted by Crippen LogP contribution is 2.29. The molecule has 1 aliphatic rings. The molecule has 0 radical (unpaired) electrons. The van der Waals surface area contributed by atoms with Crippen molar-refractivity contribution >= 4 is 17.5 Å². The van der Waals surface area contributed by atoms with E-state index in [-0.39, 0.29) is 11.8 Å². The van der Waals surface area contributed by atoms with Crippen molar-refractivity contribution in [2.75, 3.05) is 31.7 Å². The highest BCUT2D eigenvalue weighted by atomic mass is 16.5. The van der Waals surface area contributed by atoms with Gasteiger partial charge in [0.25, 0.3) is 5.91 Å². The van der Waals surface area contributed by atoms with E-state index < -0.39 is 0 Å². The summed E-state index contributed by atoms with van der Waals surface area (Å²) in [5, 5.41) is 0. The number of hydrogen-bond acceptors (Lipinski definition) is 4. The van der Waals surface area contributed by atoms with Crippen molar-refractivity contribution in [1.82, 2.24) is 4.90 Å². The number of carbonyl (C=O) groups excluding carboxylic acids is 2. The fourth-order valence-electron chi connectivity index (χ4n) is 3.77. The molecule has 1 fully saturated rings. The minimum atomic E-state index is -0.0218. The van der Waals surface area contributed by atoms with Gasteiger partial charge in [-0.3, -0.25) is 9.59 Å². The van der Waals surface area contributed by atoms with Crippen molar-refractivity contribution in [3.8, 4) is 11.5 Å². The standard InChI is InChI=1S/C25H32N2O4/c1-4-14-26(18-19-8-13-22(31-16-5-2)23(17-19)30-3)25(29)20-9-11-21(12-10-20)27-15-6-7-24(27)28/h8-13,17H,4-7,14-16,18H2,1-3H3. The molecular formula is C25H32N2O4. The first-order chi connectivity index (χ1) is 15.1. The van der Waals surface area contributed by atoms with Gasteiger partial charge in [0.05, 0.1) is 13.7 Å². The van der Waals surface area contributed by atoms with E-state index >= 15 is 0 Å². The van der Waals surface area contributed by atoms with Crippen LogP contribution in [-0.4, -0.2) is 43.5 Å². The summed E-state index contributed by atoms with van der Waals surface area (Å²) in [6.45, 7) is 6.64. The van der Waals surface area contributed by atoms with Crippen molar-refractivity contribution in [2.24, 2.45) is 0 Å². The molecule has 6 heteroatoms. The number of benzene rings is 2. The number of ether oxygens (including phenoxy) is 2. The minimum absolute atomic E-state index is 0.0218. The summed E-state index contributed by atoms with van der Waals surface area (Å²) in [5.41, 5.74) is 2.47. The number of anilines is 1. The van der Waals surface area contributed by atoms with E-state index in [0.717, 1.165) is 37.1 Å². The molecule has 0 N–H and O–H groups in total. The van der Waals surface area contributed by atoms with Crippen LogP contribution in [0.15, 0.2) is 42.5 Å². The molecule has 0 spiro atoms. The monoisotopic (exact) mass is 424 g/mol. The predicted octanol–water partition coefficient (Wildman–Crippen LogP) is 4.66. The van der Waals surface area contributed by atoms with Gasteiger partial charge in [0.2, 0.25) is 5.91 Å². The number of carbonyl (C=O) groups is 2. The maximum absolute atomic E-state index is 13.2.